The van der Waals surface area contributed by atoms with Gasteiger partial charge in [-0.1, -0.05) is 30.3 Å². The summed E-state index contributed by atoms with van der Waals surface area (Å²) in [6.45, 7) is 2.43. The molecule has 1 saturated heterocycles. The second-order valence-corrected chi connectivity index (χ2v) is 7.46. The van der Waals surface area contributed by atoms with E-state index in [1.165, 1.54) is 18.4 Å². The highest BCUT2D eigenvalue weighted by Crippen LogP contribution is 2.34. The Morgan fingerprint density at radius 2 is 2.00 bits per heavy atom. The van der Waals surface area contributed by atoms with E-state index in [2.05, 4.69) is 32.2 Å². The van der Waals surface area contributed by atoms with Crippen LogP contribution in [0.5, 0.6) is 0 Å². The number of benzene rings is 1. The van der Waals surface area contributed by atoms with Crippen molar-refractivity contribution in [2.45, 2.75) is 51.1 Å². The first-order valence-electron chi connectivity index (χ1n) is 9.77. The highest BCUT2D eigenvalue weighted by molar-refractivity contribution is 5.74. The van der Waals surface area contributed by atoms with Crippen LogP contribution in [0.25, 0.3) is 0 Å². The van der Waals surface area contributed by atoms with Gasteiger partial charge >= 0.3 is 6.03 Å². The zero-order chi connectivity index (χ0) is 17.8. The van der Waals surface area contributed by atoms with Crippen LogP contribution in [0.3, 0.4) is 0 Å². The van der Waals surface area contributed by atoms with E-state index in [1.807, 2.05) is 29.4 Å². The standard InChI is InChI=1S/C20H27N5O/c26-20(21-12-11-16-6-2-1-3-7-16)25-13-5-4-8-18(25)19-23-22-15-24(19)14-17-9-10-17/h1-3,6-7,15,17-18H,4-5,8-14H2,(H,21,26). The second kappa shape index (κ2) is 7.89. The number of hydrogen-bond donors (Lipinski definition) is 1. The SMILES string of the molecule is O=C(NCCc1ccccc1)N1CCCCC1c1nncn1CC1CC1. The van der Waals surface area contributed by atoms with Gasteiger partial charge in [0.1, 0.15) is 6.33 Å². The summed E-state index contributed by atoms with van der Waals surface area (Å²) in [4.78, 5) is 14.8. The molecule has 2 amide bonds. The topological polar surface area (TPSA) is 63.1 Å². The van der Waals surface area contributed by atoms with Gasteiger partial charge in [-0.15, -0.1) is 10.2 Å². The lowest BCUT2D eigenvalue weighted by Crippen LogP contribution is -2.45. The van der Waals surface area contributed by atoms with Gasteiger partial charge in [0.15, 0.2) is 5.82 Å². The monoisotopic (exact) mass is 353 g/mol. The summed E-state index contributed by atoms with van der Waals surface area (Å²) in [6, 6.07) is 10.3. The van der Waals surface area contributed by atoms with Crippen LogP contribution in [0.2, 0.25) is 0 Å². The molecule has 26 heavy (non-hydrogen) atoms. The van der Waals surface area contributed by atoms with Crippen LogP contribution in [-0.2, 0) is 13.0 Å². The molecular formula is C20H27N5O. The van der Waals surface area contributed by atoms with E-state index in [-0.39, 0.29) is 12.1 Å². The van der Waals surface area contributed by atoms with Crippen molar-refractivity contribution < 1.29 is 4.79 Å². The van der Waals surface area contributed by atoms with E-state index in [9.17, 15) is 4.79 Å². The van der Waals surface area contributed by atoms with Crippen molar-refractivity contribution in [3.8, 4) is 0 Å². The number of nitrogens with zero attached hydrogens (tertiary/aromatic N) is 4. The molecule has 1 saturated carbocycles. The first kappa shape index (κ1) is 17.1. The van der Waals surface area contributed by atoms with Crippen LogP contribution in [0.15, 0.2) is 36.7 Å². The fourth-order valence-corrected chi connectivity index (χ4v) is 3.74. The number of likely N-dealkylation sites (tertiary alicyclic amines) is 1. The molecule has 4 rings (SSSR count). The van der Waals surface area contributed by atoms with E-state index in [0.717, 1.165) is 50.5 Å². The van der Waals surface area contributed by atoms with Gasteiger partial charge in [-0.2, -0.15) is 0 Å². The number of hydrogen-bond acceptors (Lipinski definition) is 3. The maximum Gasteiger partial charge on any atom is 0.318 e. The van der Waals surface area contributed by atoms with Crippen molar-refractivity contribution in [1.82, 2.24) is 25.0 Å². The summed E-state index contributed by atoms with van der Waals surface area (Å²) >= 11 is 0. The van der Waals surface area contributed by atoms with Crippen LogP contribution in [-0.4, -0.2) is 38.8 Å². The van der Waals surface area contributed by atoms with Crippen LogP contribution in [0.4, 0.5) is 4.79 Å². The predicted octanol–water partition coefficient (Wildman–Crippen LogP) is 3.17. The molecule has 1 atom stereocenters. The molecule has 2 heterocycles. The van der Waals surface area contributed by atoms with E-state index < -0.39 is 0 Å². The zero-order valence-corrected chi connectivity index (χ0v) is 15.2. The first-order valence-corrected chi connectivity index (χ1v) is 9.77. The molecular weight excluding hydrogens is 326 g/mol. The summed E-state index contributed by atoms with van der Waals surface area (Å²) < 4.78 is 2.16. The van der Waals surface area contributed by atoms with Gasteiger partial charge in [0, 0.05) is 19.6 Å². The third-order valence-electron chi connectivity index (χ3n) is 5.39. The van der Waals surface area contributed by atoms with Gasteiger partial charge in [0.2, 0.25) is 0 Å². The van der Waals surface area contributed by atoms with Gasteiger partial charge in [-0.3, -0.25) is 0 Å². The lowest BCUT2D eigenvalue weighted by Gasteiger charge is -2.35. The predicted molar refractivity (Wildman–Crippen MR) is 99.6 cm³/mol. The fraction of sp³-hybridized carbons (Fsp3) is 0.550. The van der Waals surface area contributed by atoms with Gasteiger partial charge < -0.3 is 14.8 Å². The molecule has 1 aliphatic heterocycles. The van der Waals surface area contributed by atoms with Crippen LogP contribution >= 0.6 is 0 Å². The number of amides is 2. The number of piperidine rings is 1. The molecule has 1 unspecified atom stereocenters. The average Bonchev–Trinajstić information content (AvgIpc) is 3.38. The first-order chi connectivity index (χ1) is 12.8. The summed E-state index contributed by atoms with van der Waals surface area (Å²) in [6.07, 6.45) is 8.43. The molecule has 2 aromatic rings. The Morgan fingerprint density at radius 1 is 1.15 bits per heavy atom. The molecule has 0 bridgehead atoms. The number of urea groups is 1. The Kier molecular flexibility index (Phi) is 5.18. The number of carbonyl (C=O) groups is 1. The molecule has 1 N–H and O–H groups in total. The maximum atomic E-state index is 12.8. The molecule has 0 spiro atoms. The maximum absolute atomic E-state index is 12.8. The van der Waals surface area contributed by atoms with Gasteiger partial charge in [-0.25, -0.2) is 4.79 Å². The lowest BCUT2D eigenvalue weighted by atomic mass is 10.0. The van der Waals surface area contributed by atoms with Crippen molar-refractivity contribution in [1.29, 1.82) is 0 Å². The van der Waals surface area contributed by atoms with Crippen molar-refractivity contribution in [3.05, 3.63) is 48.0 Å². The molecule has 0 radical (unpaired) electrons. The Labute approximate surface area is 154 Å². The third-order valence-corrected chi connectivity index (χ3v) is 5.39. The quantitative estimate of drug-likeness (QED) is 0.868. The van der Waals surface area contributed by atoms with E-state index in [0.29, 0.717) is 6.54 Å². The summed E-state index contributed by atoms with van der Waals surface area (Å²) in [5.41, 5.74) is 1.24. The van der Waals surface area contributed by atoms with Gasteiger partial charge in [0.05, 0.1) is 6.04 Å². The van der Waals surface area contributed by atoms with E-state index in [4.69, 9.17) is 0 Å². The van der Waals surface area contributed by atoms with Crippen LogP contribution in [0, 0.1) is 5.92 Å². The lowest BCUT2D eigenvalue weighted by molar-refractivity contribution is 0.145. The molecule has 1 aromatic carbocycles. The van der Waals surface area contributed by atoms with Gasteiger partial charge in [0.25, 0.3) is 0 Å². The highest BCUT2D eigenvalue weighted by Gasteiger charge is 2.32. The Balaban J connectivity index is 1.38. The van der Waals surface area contributed by atoms with Gasteiger partial charge in [-0.05, 0) is 50.0 Å². The average molecular weight is 353 g/mol. The number of nitrogens with one attached hydrogen (secondary N) is 1. The van der Waals surface area contributed by atoms with Crippen molar-refractivity contribution in [2.75, 3.05) is 13.1 Å². The third kappa shape index (κ3) is 4.06. The normalized spacial score (nSPS) is 20.2. The minimum atomic E-state index is 0.0200. The van der Waals surface area contributed by atoms with E-state index in [1.54, 1.807) is 0 Å². The molecule has 1 aromatic heterocycles. The number of carbonyl (C=O) groups excluding carboxylic acids is 1. The Morgan fingerprint density at radius 3 is 2.81 bits per heavy atom. The number of aromatic nitrogens is 3. The minimum Gasteiger partial charge on any atom is -0.338 e. The smallest absolute Gasteiger partial charge is 0.318 e. The molecule has 6 heteroatoms. The van der Waals surface area contributed by atoms with Crippen LogP contribution < -0.4 is 5.32 Å². The Hall–Kier alpha value is -2.37. The summed E-state index contributed by atoms with van der Waals surface area (Å²) in [5, 5.41) is 11.6. The minimum absolute atomic E-state index is 0.0200. The molecule has 138 valence electrons. The molecule has 1 aliphatic carbocycles. The molecule has 6 nitrogen and oxygen atoms in total. The summed E-state index contributed by atoms with van der Waals surface area (Å²) in [7, 11) is 0. The zero-order valence-electron chi connectivity index (χ0n) is 15.2. The largest absolute Gasteiger partial charge is 0.338 e. The Bertz CT molecular complexity index is 725. The van der Waals surface area contributed by atoms with Crippen molar-refractivity contribution >= 4 is 6.03 Å². The van der Waals surface area contributed by atoms with Crippen molar-refractivity contribution in [2.24, 2.45) is 5.92 Å². The molecule has 2 fully saturated rings. The fourth-order valence-electron chi connectivity index (χ4n) is 3.74. The van der Waals surface area contributed by atoms with E-state index >= 15 is 0 Å². The summed E-state index contributed by atoms with van der Waals surface area (Å²) in [5.74, 6) is 1.72. The van der Waals surface area contributed by atoms with Crippen molar-refractivity contribution in [3.63, 3.8) is 0 Å². The number of rotatable bonds is 6. The molecule has 2 aliphatic rings. The highest BCUT2D eigenvalue weighted by atomic mass is 16.2. The van der Waals surface area contributed by atoms with Crippen LogP contribution in [0.1, 0.15) is 49.5 Å². The second-order valence-electron chi connectivity index (χ2n) is 7.46.